The molecule has 1 amide bonds. The second-order valence-electron chi connectivity index (χ2n) is 14.2. The van der Waals surface area contributed by atoms with E-state index in [2.05, 4.69) is 12.1 Å². The van der Waals surface area contributed by atoms with E-state index in [4.69, 9.17) is 35.9 Å². The maximum absolute atomic E-state index is 13.6. The van der Waals surface area contributed by atoms with E-state index in [9.17, 15) is 15.3 Å². The number of nitrogens with two attached hydrogens (primary N) is 2. The number of nitriles is 2. The molecule has 0 aliphatic carbocycles. The van der Waals surface area contributed by atoms with E-state index in [1.807, 2.05) is 60.7 Å². The van der Waals surface area contributed by atoms with Gasteiger partial charge in [0.05, 0.1) is 34.1 Å². The minimum Gasteiger partial charge on any atom is -0.457 e. The predicted molar refractivity (Wildman–Crippen MR) is 206 cm³/mol. The summed E-state index contributed by atoms with van der Waals surface area (Å²) in [4.78, 5) is 15.2. The number of aromatic nitrogens is 4. The summed E-state index contributed by atoms with van der Waals surface area (Å²) in [5.41, 5.74) is 15.4. The van der Waals surface area contributed by atoms with E-state index < -0.39 is 23.5 Å². The molecule has 1 aliphatic heterocycles. The summed E-state index contributed by atoms with van der Waals surface area (Å²) in [6, 6.07) is 37.6. The van der Waals surface area contributed by atoms with Gasteiger partial charge in [-0.2, -0.15) is 20.7 Å². The van der Waals surface area contributed by atoms with Crippen molar-refractivity contribution >= 4 is 17.5 Å². The zero-order chi connectivity index (χ0) is 38.7. The first kappa shape index (κ1) is 36.1. The van der Waals surface area contributed by atoms with Gasteiger partial charge in [-0.25, -0.2) is 14.2 Å². The summed E-state index contributed by atoms with van der Waals surface area (Å²) in [7, 11) is 0. The first-order valence-corrected chi connectivity index (χ1v) is 17.7. The van der Waals surface area contributed by atoms with Gasteiger partial charge in [0.25, 0.3) is 0 Å². The highest BCUT2D eigenvalue weighted by Crippen LogP contribution is 2.41. The fraction of sp³-hybridized carbons (Fsp3) is 0.214. The number of para-hydroxylation sites is 2. The molecule has 0 bridgehead atoms. The molecule has 2 aromatic heterocycles. The molecule has 2 atom stereocenters. The third kappa shape index (κ3) is 7.77. The molecule has 276 valence electrons. The Kier molecular flexibility index (Phi) is 9.86. The first-order chi connectivity index (χ1) is 26.5. The Balaban J connectivity index is 1.21. The SMILES string of the molecule is CC(C)(C)OC(=O)N1CC(c2nn(-c3ccc(Oc4ccccc4)cc3)c(C#N)c2N)CC(c2nn(-c3ccc(Oc4ccccc4)cc3)c(C#N)c2N)C1. The van der Waals surface area contributed by atoms with E-state index in [1.165, 1.54) is 9.36 Å². The number of nitrogen functional groups attached to an aromatic ring is 2. The lowest BCUT2D eigenvalue weighted by molar-refractivity contribution is 0.0176. The van der Waals surface area contributed by atoms with Gasteiger partial charge in [0.1, 0.15) is 40.7 Å². The van der Waals surface area contributed by atoms with Crippen molar-refractivity contribution in [1.29, 1.82) is 10.5 Å². The lowest BCUT2D eigenvalue weighted by Gasteiger charge is -2.37. The van der Waals surface area contributed by atoms with Gasteiger partial charge in [0.15, 0.2) is 11.4 Å². The molecule has 55 heavy (non-hydrogen) atoms. The van der Waals surface area contributed by atoms with Crippen LogP contribution in [0.5, 0.6) is 23.0 Å². The van der Waals surface area contributed by atoms with Gasteiger partial charge in [-0.05, 0) is 100.0 Å². The average Bonchev–Trinajstić information content (AvgIpc) is 3.71. The number of anilines is 2. The van der Waals surface area contributed by atoms with Crippen LogP contribution >= 0.6 is 0 Å². The van der Waals surface area contributed by atoms with Gasteiger partial charge in [-0.15, -0.1) is 0 Å². The zero-order valence-electron chi connectivity index (χ0n) is 30.6. The minimum atomic E-state index is -0.754. The summed E-state index contributed by atoms with van der Waals surface area (Å²) >= 11 is 0. The number of ether oxygens (including phenoxy) is 3. The van der Waals surface area contributed by atoms with Gasteiger partial charge in [0, 0.05) is 24.9 Å². The summed E-state index contributed by atoms with van der Waals surface area (Å²) < 4.78 is 20.7. The summed E-state index contributed by atoms with van der Waals surface area (Å²) in [5, 5.41) is 30.2. The average molecular weight is 734 g/mol. The molecule has 3 heterocycles. The smallest absolute Gasteiger partial charge is 0.410 e. The van der Waals surface area contributed by atoms with Crippen LogP contribution in [0, 0.1) is 22.7 Å². The molecule has 6 aromatic rings. The quantitative estimate of drug-likeness (QED) is 0.155. The van der Waals surface area contributed by atoms with Gasteiger partial charge >= 0.3 is 6.09 Å². The Hall–Kier alpha value is -7.25. The fourth-order valence-corrected chi connectivity index (χ4v) is 6.62. The third-order valence-electron chi connectivity index (χ3n) is 9.11. The summed E-state index contributed by atoms with van der Waals surface area (Å²) in [5.74, 6) is 1.73. The Morgan fingerprint density at radius 1 is 0.655 bits per heavy atom. The van der Waals surface area contributed by atoms with E-state index in [1.54, 1.807) is 74.2 Å². The van der Waals surface area contributed by atoms with Crippen LogP contribution in [-0.2, 0) is 4.74 Å². The number of benzene rings is 4. The summed E-state index contributed by atoms with van der Waals surface area (Å²) in [6.45, 7) is 5.83. The molecule has 2 unspecified atom stereocenters. The van der Waals surface area contributed by atoms with Gasteiger partial charge in [0.2, 0.25) is 0 Å². The molecule has 13 heteroatoms. The predicted octanol–water partition coefficient (Wildman–Crippen LogP) is 8.06. The number of hydrogen-bond donors (Lipinski definition) is 2. The Labute approximate surface area is 318 Å². The van der Waals surface area contributed by atoms with Crippen LogP contribution in [0.4, 0.5) is 16.2 Å². The van der Waals surface area contributed by atoms with Crippen LogP contribution in [0.25, 0.3) is 11.4 Å². The van der Waals surface area contributed by atoms with Gasteiger partial charge < -0.3 is 30.6 Å². The van der Waals surface area contributed by atoms with Crippen molar-refractivity contribution in [3.63, 3.8) is 0 Å². The number of piperidine rings is 1. The Morgan fingerprint density at radius 2 is 1.04 bits per heavy atom. The molecular formula is C42H39N9O4. The minimum absolute atomic E-state index is 0.160. The van der Waals surface area contributed by atoms with Crippen LogP contribution < -0.4 is 20.9 Å². The monoisotopic (exact) mass is 733 g/mol. The standard InChI is InChI=1S/C42H39N9O4/c1-42(2,3)55-41(52)49-25-27(39-37(45)35(23-43)50(47-39)29-14-18-33(19-15-29)53-31-10-6-4-7-11-31)22-28(26-49)40-38(46)36(24-44)51(48-40)30-16-20-34(21-17-30)54-32-12-8-5-9-13-32/h4-21,27-28H,22,25-26,45-46H2,1-3H3. The number of amides is 1. The molecule has 0 spiro atoms. The van der Waals surface area contributed by atoms with Crippen molar-refractivity contribution in [2.45, 2.75) is 44.6 Å². The molecule has 1 aliphatic rings. The third-order valence-corrected chi connectivity index (χ3v) is 9.11. The lowest BCUT2D eigenvalue weighted by atomic mass is 9.84. The molecule has 7 rings (SSSR count). The van der Waals surface area contributed by atoms with Crippen LogP contribution in [0.2, 0.25) is 0 Å². The number of carbonyl (C=O) groups excluding carboxylic acids is 1. The van der Waals surface area contributed by atoms with Crippen LogP contribution in [-0.4, -0.2) is 49.2 Å². The number of rotatable bonds is 8. The maximum atomic E-state index is 13.6. The lowest BCUT2D eigenvalue weighted by Crippen LogP contribution is -2.45. The molecule has 1 saturated heterocycles. The second kappa shape index (κ2) is 15.0. The van der Waals surface area contributed by atoms with E-state index in [-0.39, 0.29) is 35.9 Å². The number of nitrogens with zero attached hydrogens (tertiary/aromatic N) is 7. The molecule has 13 nitrogen and oxygen atoms in total. The van der Waals surface area contributed by atoms with Crippen molar-refractivity contribution < 1.29 is 19.0 Å². The number of hydrogen-bond acceptors (Lipinski definition) is 10. The van der Waals surface area contributed by atoms with Crippen LogP contribution in [0.1, 0.15) is 61.8 Å². The molecule has 1 fully saturated rings. The van der Waals surface area contributed by atoms with Crippen molar-refractivity contribution in [2.24, 2.45) is 0 Å². The summed E-state index contributed by atoms with van der Waals surface area (Å²) in [6.07, 6.45) is -0.104. The van der Waals surface area contributed by atoms with Crippen molar-refractivity contribution in [1.82, 2.24) is 24.5 Å². The molecule has 0 saturated carbocycles. The highest BCUT2D eigenvalue weighted by molar-refractivity contribution is 5.69. The van der Waals surface area contributed by atoms with Gasteiger partial charge in [-0.1, -0.05) is 36.4 Å². The topological polar surface area (TPSA) is 183 Å². The first-order valence-electron chi connectivity index (χ1n) is 17.7. The number of carbonyl (C=O) groups is 1. The second-order valence-corrected chi connectivity index (χ2v) is 14.2. The molecule has 4 N–H and O–H groups in total. The zero-order valence-corrected chi connectivity index (χ0v) is 30.6. The van der Waals surface area contributed by atoms with Crippen LogP contribution in [0.15, 0.2) is 109 Å². The molecule has 0 radical (unpaired) electrons. The van der Waals surface area contributed by atoms with E-state index >= 15 is 0 Å². The van der Waals surface area contributed by atoms with Crippen molar-refractivity contribution in [3.8, 4) is 46.5 Å². The van der Waals surface area contributed by atoms with E-state index in [0.29, 0.717) is 52.2 Å². The van der Waals surface area contributed by atoms with Crippen molar-refractivity contribution in [2.75, 3.05) is 24.6 Å². The normalized spacial score (nSPS) is 15.5. The molecule has 4 aromatic carbocycles. The highest BCUT2D eigenvalue weighted by atomic mass is 16.6. The Bertz CT molecular complexity index is 2230. The van der Waals surface area contributed by atoms with Gasteiger partial charge in [-0.3, -0.25) is 0 Å². The van der Waals surface area contributed by atoms with Crippen molar-refractivity contribution in [3.05, 3.63) is 132 Å². The highest BCUT2D eigenvalue weighted by Gasteiger charge is 2.39. The molecular weight excluding hydrogens is 695 g/mol. The largest absolute Gasteiger partial charge is 0.457 e. The maximum Gasteiger partial charge on any atom is 0.410 e. The van der Waals surface area contributed by atoms with Crippen LogP contribution in [0.3, 0.4) is 0 Å². The number of likely N-dealkylation sites (tertiary alicyclic amines) is 1. The van der Waals surface area contributed by atoms with E-state index in [0.717, 1.165) is 0 Å². The fourth-order valence-electron chi connectivity index (χ4n) is 6.62. The Morgan fingerprint density at radius 3 is 1.40 bits per heavy atom.